The first kappa shape index (κ1) is 17.0. The highest BCUT2D eigenvalue weighted by atomic mass is 35.5. The molecule has 4 nitrogen and oxygen atoms in total. The Balaban J connectivity index is 0.00000289. The van der Waals surface area contributed by atoms with Gasteiger partial charge < -0.3 is 15.0 Å². The topological polar surface area (TPSA) is 41.6 Å². The summed E-state index contributed by atoms with van der Waals surface area (Å²) in [7, 11) is 3.90. The smallest absolute Gasteiger partial charge is 0.257 e. The molecule has 1 rings (SSSR count). The molecular weight excluding hydrogens is 275 g/mol. The SMILES string of the molecule is CN(C)CCNC(=O)COc1ccccc1Cl.Cl. The number of rotatable bonds is 6. The summed E-state index contributed by atoms with van der Waals surface area (Å²) >= 11 is 5.89. The van der Waals surface area contributed by atoms with Crippen molar-refractivity contribution < 1.29 is 9.53 Å². The van der Waals surface area contributed by atoms with Crippen LogP contribution in [0, 0.1) is 0 Å². The molecule has 0 radical (unpaired) electrons. The van der Waals surface area contributed by atoms with Crippen LogP contribution in [-0.4, -0.2) is 44.6 Å². The lowest BCUT2D eigenvalue weighted by molar-refractivity contribution is -0.123. The van der Waals surface area contributed by atoms with Crippen LogP contribution < -0.4 is 10.1 Å². The van der Waals surface area contributed by atoms with Gasteiger partial charge >= 0.3 is 0 Å². The monoisotopic (exact) mass is 292 g/mol. The Kier molecular flexibility index (Phi) is 8.54. The van der Waals surface area contributed by atoms with Gasteiger partial charge in [-0.3, -0.25) is 4.79 Å². The van der Waals surface area contributed by atoms with Crippen molar-refractivity contribution in [2.75, 3.05) is 33.8 Å². The van der Waals surface area contributed by atoms with Crippen LogP contribution in [0.2, 0.25) is 5.02 Å². The summed E-state index contributed by atoms with van der Waals surface area (Å²) in [4.78, 5) is 13.4. The van der Waals surface area contributed by atoms with E-state index in [0.717, 1.165) is 6.54 Å². The number of benzene rings is 1. The second-order valence-electron chi connectivity index (χ2n) is 3.87. The number of carbonyl (C=O) groups is 1. The number of halogens is 2. The Hall–Kier alpha value is -0.970. The lowest BCUT2D eigenvalue weighted by atomic mass is 10.3. The average Bonchev–Trinajstić information content (AvgIpc) is 2.27. The number of hydrogen-bond donors (Lipinski definition) is 1. The fraction of sp³-hybridized carbons (Fsp3) is 0.417. The minimum atomic E-state index is -0.147. The predicted molar refractivity (Wildman–Crippen MR) is 75.8 cm³/mol. The fourth-order valence-corrected chi connectivity index (χ4v) is 1.37. The second kappa shape index (κ2) is 9.03. The Labute approximate surface area is 119 Å². The normalized spacial score (nSPS) is 9.78. The van der Waals surface area contributed by atoms with Crippen molar-refractivity contribution in [2.45, 2.75) is 0 Å². The maximum Gasteiger partial charge on any atom is 0.257 e. The zero-order valence-corrected chi connectivity index (χ0v) is 12.1. The number of nitrogens with one attached hydrogen (secondary N) is 1. The van der Waals surface area contributed by atoms with E-state index in [1.807, 2.05) is 31.1 Å². The van der Waals surface area contributed by atoms with E-state index >= 15 is 0 Å². The molecule has 1 aromatic rings. The van der Waals surface area contributed by atoms with Crippen molar-refractivity contribution in [2.24, 2.45) is 0 Å². The van der Waals surface area contributed by atoms with Crippen LogP contribution in [0.25, 0.3) is 0 Å². The molecule has 0 saturated carbocycles. The molecule has 0 heterocycles. The van der Waals surface area contributed by atoms with E-state index in [2.05, 4.69) is 5.32 Å². The maximum absolute atomic E-state index is 11.4. The number of nitrogens with zero attached hydrogens (tertiary/aromatic N) is 1. The van der Waals surface area contributed by atoms with Crippen LogP contribution in [-0.2, 0) is 4.79 Å². The molecule has 1 N–H and O–H groups in total. The first-order valence-electron chi connectivity index (χ1n) is 5.38. The highest BCUT2D eigenvalue weighted by Gasteiger charge is 2.04. The highest BCUT2D eigenvalue weighted by molar-refractivity contribution is 6.32. The number of likely N-dealkylation sites (N-methyl/N-ethyl adjacent to an activating group) is 1. The zero-order chi connectivity index (χ0) is 12.7. The summed E-state index contributed by atoms with van der Waals surface area (Å²) in [5.41, 5.74) is 0. The zero-order valence-electron chi connectivity index (χ0n) is 10.5. The second-order valence-corrected chi connectivity index (χ2v) is 4.28. The van der Waals surface area contributed by atoms with Crippen LogP contribution in [0.4, 0.5) is 0 Å². The summed E-state index contributed by atoms with van der Waals surface area (Å²) in [6.45, 7) is 1.40. The lowest BCUT2D eigenvalue weighted by Crippen LogP contribution is -2.34. The molecule has 6 heteroatoms. The van der Waals surface area contributed by atoms with Crippen LogP contribution >= 0.6 is 24.0 Å². The van der Waals surface area contributed by atoms with Crippen LogP contribution in [0.1, 0.15) is 0 Å². The molecule has 102 valence electrons. The van der Waals surface area contributed by atoms with Gasteiger partial charge in [-0.1, -0.05) is 23.7 Å². The Bertz CT molecular complexity index is 373. The predicted octanol–water partition coefficient (Wildman–Crippen LogP) is 1.82. The van der Waals surface area contributed by atoms with Crippen molar-refractivity contribution in [3.63, 3.8) is 0 Å². The molecule has 18 heavy (non-hydrogen) atoms. The van der Waals surface area contributed by atoms with Gasteiger partial charge in [0, 0.05) is 13.1 Å². The minimum Gasteiger partial charge on any atom is -0.482 e. The number of amides is 1. The van der Waals surface area contributed by atoms with Crippen LogP contribution in [0.3, 0.4) is 0 Å². The standard InChI is InChI=1S/C12H17ClN2O2.ClH/c1-15(2)8-7-14-12(16)9-17-11-6-4-3-5-10(11)13;/h3-6H,7-9H2,1-2H3,(H,14,16);1H. The molecule has 1 amide bonds. The number of ether oxygens (including phenoxy) is 1. The summed E-state index contributed by atoms with van der Waals surface area (Å²) < 4.78 is 5.30. The molecule has 0 fully saturated rings. The third-order valence-corrected chi connectivity index (χ3v) is 2.39. The van der Waals surface area contributed by atoms with Gasteiger partial charge in [0.25, 0.3) is 5.91 Å². The summed E-state index contributed by atoms with van der Waals surface area (Å²) in [5.74, 6) is 0.378. The first-order chi connectivity index (χ1) is 8.09. The maximum atomic E-state index is 11.4. The molecule has 0 unspecified atom stereocenters. The van der Waals surface area contributed by atoms with Gasteiger partial charge in [0.1, 0.15) is 5.75 Å². The van der Waals surface area contributed by atoms with Gasteiger partial charge in [0.05, 0.1) is 5.02 Å². The first-order valence-corrected chi connectivity index (χ1v) is 5.76. The third kappa shape index (κ3) is 6.69. The van der Waals surface area contributed by atoms with Gasteiger partial charge in [0.15, 0.2) is 6.61 Å². The average molecular weight is 293 g/mol. The number of carbonyl (C=O) groups excluding carboxylic acids is 1. The largest absolute Gasteiger partial charge is 0.482 e. The lowest BCUT2D eigenvalue weighted by Gasteiger charge is -2.11. The van der Waals surface area contributed by atoms with Gasteiger partial charge in [0.2, 0.25) is 0 Å². The van der Waals surface area contributed by atoms with Crippen molar-refractivity contribution >= 4 is 29.9 Å². The van der Waals surface area contributed by atoms with E-state index in [-0.39, 0.29) is 24.9 Å². The number of para-hydroxylation sites is 1. The molecule has 1 aromatic carbocycles. The molecule has 0 aliphatic carbocycles. The molecule has 0 aliphatic heterocycles. The molecule has 0 saturated heterocycles. The molecule has 0 aromatic heterocycles. The van der Waals surface area contributed by atoms with Gasteiger partial charge in [-0.25, -0.2) is 0 Å². The Morgan fingerprint density at radius 2 is 2.06 bits per heavy atom. The number of hydrogen-bond acceptors (Lipinski definition) is 3. The Morgan fingerprint density at radius 1 is 1.39 bits per heavy atom. The summed E-state index contributed by atoms with van der Waals surface area (Å²) in [6.07, 6.45) is 0. The Morgan fingerprint density at radius 3 is 2.67 bits per heavy atom. The molecule has 0 spiro atoms. The summed E-state index contributed by atoms with van der Waals surface area (Å²) in [6, 6.07) is 7.08. The minimum absolute atomic E-state index is 0. The highest BCUT2D eigenvalue weighted by Crippen LogP contribution is 2.22. The summed E-state index contributed by atoms with van der Waals surface area (Å²) in [5, 5.41) is 3.26. The molecule has 0 atom stereocenters. The van der Waals surface area contributed by atoms with E-state index in [0.29, 0.717) is 17.3 Å². The van der Waals surface area contributed by atoms with E-state index in [1.54, 1.807) is 12.1 Å². The van der Waals surface area contributed by atoms with Gasteiger partial charge in [-0.2, -0.15) is 0 Å². The quantitative estimate of drug-likeness (QED) is 0.870. The molecular formula is C12H18Cl2N2O2. The van der Waals surface area contributed by atoms with Gasteiger partial charge in [-0.05, 0) is 26.2 Å². The van der Waals surface area contributed by atoms with E-state index in [9.17, 15) is 4.79 Å². The van der Waals surface area contributed by atoms with Crippen molar-refractivity contribution in [1.29, 1.82) is 0 Å². The molecule has 0 aliphatic rings. The van der Waals surface area contributed by atoms with Crippen LogP contribution in [0.15, 0.2) is 24.3 Å². The van der Waals surface area contributed by atoms with Crippen molar-refractivity contribution in [1.82, 2.24) is 10.2 Å². The third-order valence-electron chi connectivity index (χ3n) is 2.08. The van der Waals surface area contributed by atoms with E-state index in [4.69, 9.17) is 16.3 Å². The van der Waals surface area contributed by atoms with Crippen molar-refractivity contribution in [3.05, 3.63) is 29.3 Å². The van der Waals surface area contributed by atoms with Gasteiger partial charge in [-0.15, -0.1) is 12.4 Å². The van der Waals surface area contributed by atoms with E-state index in [1.165, 1.54) is 0 Å². The van der Waals surface area contributed by atoms with Crippen molar-refractivity contribution in [3.8, 4) is 5.75 Å². The fourth-order valence-electron chi connectivity index (χ4n) is 1.18. The molecule has 0 bridgehead atoms. The van der Waals surface area contributed by atoms with Crippen LogP contribution in [0.5, 0.6) is 5.75 Å². The van der Waals surface area contributed by atoms with E-state index < -0.39 is 0 Å².